The molecule has 4 nitrogen and oxygen atoms in total. The van der Waals surface area contributed by atoms with Crippen molar-refractivity contribution in [3.63, 3.8) is 0 Å². The van der Waals surface area contributed by atoms with Crippen LogP contribution < -0.4 is 5.73 Å². The standard InChI is InChI=1S/C17H18N4/c1-13-5-7-14(8-6-13)10-16-11-15(12-18)20-21(16)17-4-2-3-9-19-17/h2-9,11H,10,12,18H2,1H3. The van der Waals surface area contributed by atoms with Crippen LogP contribution in [0.25, 0.3) is 5.82 Å². The average molecular weight is 278 g/mol. The summed E-state index contributed by atoms with van der Waals surface area (Å²) in [5, 5.41) is 4.54. The Hall–Kier alpha value is -2.46. The van der Waals surface area contributed by atoms with E-state index < -0.39 is 0 Å². The van der Waals surface area contributed by atoms with Crippen LogP contribution in [-0.2, 0) is 13.0 Å². The molecule has 0 aliphatic rings. The Morgan fingerprint density at radius 1 is 1.10 bits per heavy atom. The fraction of sp³-hybridized carbons (Fsp3) is 0.176. The summed E-state index contributed by atoms with van der Waals surface area (Å²) < 4.78 is 1.88. The molecule has 2 N–H and O–H groups in total. The molecule has 0 aliphatic heterocycles. The van der Waals surface area contributed by atoms with Gasteiger partial charge in [-0.05, 0) is 30.7 Å². The van der Waals surface area contributed by atoms with E-state index in [9.17, 15) is 0 Å². The van der Waals surface area contributed by atoms with Gasteiger partial charge in [0.15, 0.2) is 5.82 Å². The predicted octanol–water partition coefficient (Wildman–Crippen LogP) is 2.63. The lowest BCUT2D eigenvalue weighted by Gasteiger charge is -2.06. The highest BCUT2D eigenvalue weighted by atomic mass is 15.3. The number of rotatable bonds is 4. The Bertz CT molecular complexity index is 714. The van der Waals surface area contributed by atoms with Crippen LogP contribution in [0.5, 0.6) is 0 Å². The highest BCUT2D eigenvalue weighted by Crippen LogP contribution is 2.15. The van der Waals surface area contributed by atoms with Crippen LogP contribution in [0.1, 0.15) is 22.5 Å². The van der Waals surface area contributed by atoms with Gasteiger partial charge in [0.1, 0.15) is 0 Å². The van der Waals surface area contributed by atoms with E-state index in [1.807, 2.05) is 22.9 Å². The Morgan fingerprint density at radius 2 is 1.90 bits per heavy atom. The van der Waals surface area contributed by atoms with Crippen molar-refractivity contribution in [1.82, 2.24) is 14.8 Å². The number of nitrogens with zero attached hydrogens (tertiary/aromatic N) is 3. The van der Waals surface area contributed by atoms with E-state index in [1.165, 1.54) is 11.1 Å². The van der Waals surface area contributed by atoms with Gasteiger partial charge in [-0.25, -0.2) is 9.67 Å². The van der Waals surface area contributed by atoms with Crippen LogP contribution in [0.15, 0.2) is 54.7 Å². The summed E-state index contributed by atoms with van der Waals surface area (Å²) >= 11 is 0. The molecular formula is C17H18N4. The largest absolute Gasteiger partial charge is 0.325 e. The van der Waals surface area contributed by atoms with E-state index in [0.717, 1.165) is 23.6 Å². The van der Waals surface area contributed by atoms with E-state index in [1.54, 1.807) is 6.20 Å². The van der Waals surface area contributed by atoms with E-state index >= 15 is 0 Å². The normalized spacial score (nSPS) is 10.8. The Balaban J connectivity index is 1.97. The molecule has 3 aromatic rings. The summed E-state index contributed by atoms with van der Waals surface area (Å²) in [7, 11) is 0. The smallest absolute Gasteiger partial charge is 0.153 e. The summed E-state index contributed by atoms with van der Waals surface area (Å²) in [4.78, 5) is 4.37. The van der Waals surface area contributed by atoms with Crippen molar-refractivity contribution in [3.05, 3.63) is 77.2 Å². The monoisotopic (exact) mass is 278 g/mol. The molecule has 0 saturated carbocycles. The van der Waals surface area contributed by atoms with Crippen LogP contribution in [0.3, 0.4) is 0 Å². The highest BCUT2D eigenvalue weighted by molar-refractivity contribution is 5.31. The lowest BCUT2D eigenvalue weighted by Crippen LogP contribution is -2.05. The van der Waals surface area contributed by atoms with Crippen LogP contribution in [0, 0.1) is 6.92 Å². The first-order valence-corrected chi connectivity index (χ1v) is 7.01. The third-order valence-electron chi connectivity index (χ3n) is 3.41. The molecule has 21 heavy (non-hydrogen) atoms. The van der Waals surface area contributed by atoms with E-state index in [4.69, 9.17) is 5.73 Å². The van der Waals surface area contributed by atoms with Gasteiger partial charge in [0.2, 0.25) is 0 Å². The van der Waals surface area contributed by atoms with Crippen molar-refractivity contribution < 1.29 is 0 Å². The number of pyridine rings is 1. The minimum Gasteiger partial charge on any atom is -0.325 e. The second-order valence-corrected chi connectivity index (χ2v) is 5.09. The van der Waals surface area contributed by atoms with Crippen molar-refractivity contribution in [2.24, 2.45) is 5.73 Å². The zero-order chi connectivity index (χ0) is 14.7. The van der Waals surface area contributed by atoms with Crippen molar-refractivity contribution in [3.8, 4) is 5.82 Å². The number of nitrogens with two attached hydrogens (primary N) is 1. The zero-order valence-electron chi connectivity index (χ0n) is 12.0. The SMILES string of the molecule is Cc1ccc(Cc2cc(CN)nn2-c2ccccn2)cc1. The quantitative estimate of drug-likeness (QED) is 0.798. The topological polar surface area (TPSA) is 56.7 Å². The fourth-order valence-corrected chi connectivity index (χ4v) is 2.29. The van der Waals surface area contributed by atoms with Gasteiger partial charge in [0, 0.05) is 19.2 Å². The Morgan fingerprint density at radius 3 is 2.57 bits per heavy atom. The molecule has 0 aliphatic carbocycles. The van der Waals surface area contributed by atoms with Crippen molar-refractivity contribution in [2.75, 3.05) is 0 Å². The fourth-order valence-electron chi connectivity index (χ4n) is 2.29. The van der Waals surface area contributed by atoms with Gasteiger partial charge in [-0.2, -0.15) is 5.10 Å². The maximum Gasteiger partial charge on any atom is 0.153 e. The summed E-state index contributed by atoms with van der Waals surface area (Å²) in [5.41, 5.74) is 10.2. The van der Waals surface area contributed by atoms with Crippen LogP contribution >= 0.6 is 0 Å². The zero-order valence-corrected chi connectivity index (χ0v) is 12.0. The molecule has 0 radical (unpaired) electrons. The molecule has 0 saturated heterocycles. The molecule has 1 aromatic carbocycles. The molecule has 2 aromatic heterocycles. The van der Waals surface area contributed by atoms with Gasteiger partial charge in [-0.1, -0.05) is 35.9 Å². The molecule has 4 heteroatoms. The second-order valence-electron chi connectivity index (χ2n) is 5.09. The first kappa shape index (κ1) is 13.5. The molecule has 0 fully saturated rings. The third kappa shape index (κ3) is 3.01. The molecular weight excluding hydrogens is 260 g/mol. The van der Waals surface area contributed by atoms with E-state index in [2.05, 4.69) is 47.3 Å². The maximum absolute atomic E-state index is 5.73. The van der Waals surface area contributed by atoms with Crippen molar-refractivity contribution in [1.29, 1.82) is 0 Å². The summed E-state index contributed by atoms with van der Waals surface area (Å²) in [6.07, 6.45) is 2.58. The predicted molar refractivity (Wildman–Crippen MR) is 83.2 cm³/mol. The van der Waals surface area contributed by atoms with E-state index in [-0.39, 0.29) is 0 Å². The number of aryl methyl sites for hydroxylation is 1. The van der Waals surface area contributed by atoms with Crippen molar-refractivity contribution in [2.45, 2.75) is 19.9 Å². The first-order chi connectivity index (χ1) is 10.3. The first-order valence-electron chi connectivity index (χ1n) is 7.01. The minimum absolute atomic E-state index is 0.431. The third-order valence-corrected chi connectivity index (χ3v) is 3.41. The molecule has 2 heterocycles. The summed E-state index contributed by atoms with van der Waals surface area (Å²) in [5.74, 6) is 0.819. The van der Waals surface area contributed by atoms with Gasteiger partial charge in [0.25, 0.3) is 0 Å². The molecule has 0 spiro atoms. The summed E-state index contributed by atoms with van der Waals surface area (Å²) in [6.45, 7) is 2.52. The van der Waals surface area contributed by atoms with Gasteiger partial charge in [-0.3, -0.25) is 0 Å². The number of hydrogen-bond donors (Lipinski definition) is 1. The van der Waals surface area contributed by atoms with Crippen LogP contribution in [0.2, 0.25) is 0 Å². The molecule has 3 rings (SSSR count). The molecule has 0 atom stereocenters. The van der Waals surface area contributed by atoms with Gasteiger partial charge in [0.05, 0.1) is 11.4 Å². The number of benzene rings is 1. The maximum atomic E-state index is 5.73. The van der Waals surface area contributed by atoms with Gasteiger partial charge in [-0.15, -0.1) is 0 Å². The summed E-state index contributed by atoms with van der Waals surface area (Å²) in [6, 6.07) is 16.4. The highest BCUT2D eigenvalue weighted by Gasteiger charge is 2.10. The lowest BCUT2D eigenvalue weighted by molar-refractivity contribution is 0.775. The van der Waals surface area contributed by atoms with Crippen LogP contribution in [-0.4, -0.2) is 14.8 Å². The lowest BCUT2D eigenvalue weighted by atomic mass is 10.1. The average Bonchev–Trinajstić information content (AvgIpc) is 2.93. The molecule has 0 unspecified atom stereocenters. The van der Waals surface area contributed by atoms with E-state index in [0.29, 0.717) is 6.54 Å². The molecule has 106 valence electrons. The van der Waals surface area contributed by atoms with Crippen molar-refractivity contribution >= 4 is 0 Å². The minimum atomic E-state index is 0.431. The molecule has 0 amide bonds. The molecule has 0 bridgehead atoms. The Labute approximate surface area is 124 Å². The number of aromatic nitrogens is 3. The van der Waals surface area contributed by atoms with Gasteiger partial charge < -0.3 is 5.73 Å². The second kappa shape index (κ2) is 5.89. The van der Waals surface area contributed by atoms with Crippen LogP contribution in [0.4, 0.5) is 0 Å². The number of hydrogen-bond acceptors (Lipinski definition) is 3. The van der Waals surface area contributed by atoms with Gasteiger partial charge >= 0.3 is 0 Å². The Kier molecular flexibility index (Phi) is 3.79.